The number of nitrogens with zero attached hydrogens (tertiary/aromatic N) is 1. The van der Waals surface area contributed by atoms with Crippen molar-refractivity contribution in [3.05, 3.63) is 24.5 Å². The van der Waals surface area contributed by atoms with Gasteiger partial charge in [-0.25, -0.2) is 0 Å². The summed E-state index contributed by atoms with van der Waals surface area (Å²) in [6, 6.07) is 3.52. The van der Waals surface area contributed by atoms with Crippen LogP contribution < -0.4 is 5.32 Å². The Morgan fingerprint density at radius 1 is 1.35 bits per heavy atom. The average molecular weight is 238 g/mol. The predicted molar refractivity (Wildman–Crippen MR) is 75.0 cm³/mol. The molecule has 0 atom stereocenters. The van der Waals surface area contributed by atoms with Gasteiger partial charge in [-0.3, -0.25) is 9.78 Å². The zero-order valence-electron chi connectivity index (χ0n) is 11.9. The van der Waals surface area contributed by atoms with Crippen molar-refractivity contribution >= 4 is 12.1 Å². The van der Waals surface area contributed by atoms with Gasteiger partial charge in [-0.15, -0.1) is 0 Å². The van der Waals surface area contributed by atoms with E-state index in [-0.39, 0.29) is 0 Å². The summed E-state index contributed by atoms with van der Waals surface area (Å²) in [7, 11) is 0. The Balaban J connectivity index is 0. The highest BCUT2D eigenvalue weighted by Crippen LogP contribution is 2.16. The van der Waals surface area contributed by atoms with Gasteiger partial charge in [0.2, 0.25) is 6.41 Å². The molecule has 1 aromatic rings. The van der Waals surface area contributed by atoms with Gasteiger partial charge in [0.1, 0.15) is 0 Å². The number of hydrogen-bond donors (Lipinski definition) is 1. The van der Waals surface area contributed by atoms with Crippen molar-refractivity contribution in [2.24, 2.45) is 5.41 Å². The molecule has 0 aliphatic heterocycles. The largest absolute Gasteiger partial charge is 0.327 e. The molecule has 3 heteroatoms. The number of anilines is 1. The van der Waals surface area contributed by atoms with Gasteiger partial charge in [0.25, 0.3) is 0 Å². The van der Waals surface area contributed by atoms with E-state index < -0.39 is 0 Å². The summed E-state index contributed by atoms with van der Waals surface area (Å²) >= 11 is 0. The van der Waals surface area contributed by atoms with Gasteiger partial charge in [-0.1, -0.05) is 48.0 Å². The van der Waals surface area contributed by atoms with Crippen molar-refractivity contribution in [2.45, 2.75) is 48.0 Å². The van der Waals surface area contributed by atoms with Gasteiger partial charge in [0.15, 0.2) is 0 Å². The normalized spacial score (nSPS) is 9.06. The van der Waals surface area contributed by atoms with E-state index in [4.69, 9.17) is 0 Å². The molecule has 0 unspecified atom stereocenters. The fourth-order valence-corrected chi connectivity index (χ4v) is 0.516. The average Bonchev–Trinajstić information content (AvgIpc) is 2.33. The third-order valence-corrected chi connectivity index (χ3v) is 1.95. The fraction of sp³-hybridized carbons (Fsp3) is 0.571. The van der Waals surface area contributed by atoms with Gasteiger partial charge in [0, 0.05) is 6.20 Å². The minimum Gasteiger partial charge on any atom is -0.327 e. The summed E-state index contributed by atoms with van der Waals surface area (Å²) in [6.07, 6.45) is 5.12. The van der Waals surface area contributed by atoms with E-state index in [0.717, 1.165) is 0 Å². The number of hydrogen-bond acceptors (Lipinski definition) is 2. The number of nitrogens with one attached hydrogen (secondary N) is 1. The molecule has 98 valence electrons. The van der Waals surface area contributed by atoms with Crippen LogP contribution in [0.4, 0.5) is 5.69 Å². The molecule has 0 saturated carbocycles. The number of rotatable bonds is 2. The van der Waals surface area contributed by atoms with Crippen LogP contribution >= 0.6 is 0 Å². The molecule has 1 aromatic heterocycles. The topological polar surface area (TPSA) is 42.0 Å². The Kier molecular flexibility index (Phi) is 11.8. The van der Waals surface area contributed by atoms with Crippen LogP contribution in [0.15, 0.2) is 24.5 Å². The lowest BCUT2D eigenvalue weighted by Gasteiger charge is -2.12. The van der Waals surface area contributed by atoms with Crippen LogP contribution in [0, 0.1) is 5.41 Å². The molecule has 0 aromatic carbocycles. The van der Waals surface area contributed by atoms with Gasteiger partial charge in [-0.2, -0.15) is 0 Å². The highest BCUT2D eigenvalue weighted by Gasteiger charge is 2.03. The standard InChI is InChI=1S/C6H6N2O.C6H14.C2H6/c9-5-8-6-2-1-3-7-4-6;1-5-6(2,3)4;1-2/h1-5H,(H,8,9);5H2,1-4H3;1-2H3. The maximum absolute atomic E-state index is 9.84. The monoisotopic (exact) mass is 238 g/mol. The smallest absolute Gasteiger partial charge is 0.211 e. The third-order valence-electron chi connectivity index (χ3n) is 1.95. The van der Waals surface area contributed by atoms with E-state index in [2.05, 4.69) is 38.0 Å². The second kappa shape index (κ2) is 11.1. The number of carbonyl (C=O) groups is 1. The molecule has 1 amide bonds. The minimum absolute atomic E-state index is 0.542. The van der Waals surface area contributed by atoms with E-state index in [9.17, 15) is 4.79 Å². The first-order valence-corrected chi connectivity index (χ1v) is 6.10. The maximum Gasteiger partial charge on any atom is 0.211 e. The van der Waals surface area contributed by atoms with Crippen molar-refractivity contribution in [2.75, 3.05) is 5.32 Å². The molecule has 0 bridgehead atoms. The van der Waals surface area contributed by atoms with Crippen molar-refractivity contribution in [1.29, 1.82) is 0 Å². The number of pyridine rings is 1. The minimum atomic E-state index is 0.542. The van der Waals surface area contributed by atoms with E-state index in [1.807, 2.05) is 13.8 Å². The lowest BCUT2D eigenvalue weighted by atomic mass is 9.94. The molecule has 17 heavy (non-hydrogen) atoms. The summed E-state index contributed by atoms with van der Waals surface area (Å²) < 4.78 is 0. The SMILES string of the molecule is CC.CCC(C)(C)C.O=CNc1cccnc1. The molecule has 0 spiro atoms. The molecular formula is C14H26N2O. The van der Waals surface area contributed by atoms with Crippen LogP contribution in [0.3, 0.4) is 0 Å². The Morgan fingerprint density at radius 3 is 2.18 bits per heavy atom. The van der Waals surface area contributed by atoms with Gasteiger partial charge >= 0.3 is 0 Å². The van der Waals surface area contributed by atoms with Gasteiger partial charge in [0.05, 0.1) is 11.9 Å². The quantitative estimate of drug-likeness (QED) is 0.787. The van der Waals surface area contributed by atoms with Crippen LogP contribution in [0.2, 0.25) is 0 Å². The zero-order chi connectivity index (χ0) is 13.7. The van der Waals surface area contributed by atoms with Crippen molar-refractivity contribution in [3.63, 3.8) is 0 Å². The summed E-state index contributed by atoms with van der Waals surface area (Å²) in [4.78, 5) is 13.6. The lowest BCUT2D eigenvalue weighted by molar-refractivity contribution is -0.105. The first-order valence-electron chi connectivity index (χ1n) is 6.10. The summed E-state index contributed by atoms with van der Waals surface area (Å²) in [5.74, 6) is 0. The van der Waals surface area contributed by atoms with Crippen molar-refractivity contribution in [3.8, 4) is 0 Å². The van der Waals surface area contributed by atoms with Crippen LogP contribution in [0.5, 0.6) is 0 Å². The molecule has 0 saturated heterocycles. The summed E-state index contributed by atoms with van der Waals surface area (Å²) in [6.45, 7) is 12.9. The van der Waals surface area contributed by atoms with Crippen LogP contribution in [-0.4, -0.2) is 11.4 Å². The van der Waals surface area contributed by atoms with E-state index in [1.54, 1.807) is 24.5 Å². The first-order chi connectivity index (χ1) is 7.99. The molecule has 1 N–H and O–H groups in total. The first kappa shape index (κ1) is 18.0. The second-order valence-electron chi connectivity index (χ2n) is 4.42. The Hall–Kier alpha value is -1.38. The van der Waals surface area contributed by atoms with Crippen LogP contribution in [0.1, 0.15) is 48.0 Å². The highest BCUT2D eigenvalue weighted by molar-refractivity contribution is 5.70. The maximum atomic E-state index is 9.84. The molecule has 0 radical (unpaired) electrons. The van der Waals surface area contributed by atoms with Crippen LogP contribution in [-0.2, 0) is 4.79 Å². The number of carbonyl (C=O) groups excluding carboxylic acids is 1. The molecule has 0 aliphatic rings. The molecule has 0 aliphatic carbocycles. The highest BCUT2D eigenvalue weighted by atomic mass is 16.1. The van der Waals surface area contributed by atoms with Crippen molar-refractivity contribution < 1.29 is 4.79 Å². The number of aromatic nitrogens is 1. The molecule has 1 heterocycles. The Bertz CT molecular complexity index is 265. The van der Waals surface area contributed by atoms with E-state index in [1.165, 1.54) is 6.42 Å². The van der Waals surface area contributed by atoms with Crippen molar-refractivity contribution in [1.82, 2.24) is 4.98 Å². The summed E-state index contributed by atoms with van der Waals surface area (Å²) in [5.41, 5.74) is 1.26. The second-order valence-corrected chi connectivity index (χ2v) is 4.42. The van der Waals surface area contributed by atoms with E-state index in [0.29, 0.717) is 17.5 Å². The molecule has 3 nitrogen and oxygen atoms in total. The lowest BCUT2D eigenvalue weighted by Crippen LogP contribution is -2.00. The Morgan fingerprint density at radius 2 is 1.88 bits per heavy atom. The predicted octanol–water partition coefficient (Wildman–Crippen LogP) is 4.12. The molecule has 0 fully saturated rings. The number of amides is 1. The van der Waals surface area contributed by atoms with Gasteiger partial charge in [-0.05, 0) is 17.5 Å². The molecule has 1 rings (SSSR count). The molecular weight excluding hydrogens is 212 g/mol. The Labute approximate surface area is 106 Å². The zero-order valence-corrected chi connectivity index (χ0v) is 11.9. The van der Waals surface area contributed by atoms with Crippen LogP contribution in [0.25, 0.3) is 0 Å². The fourth-order valence-electron chi connectivity index (χ4n) is 0.516. The van der Waals surface area contributed by atoms with E-state index >= 15 is 0 Å². The van der Waals surface area contributed by atoms with Gasteiger partial charge < -0.3 is 5.32 Å². The third kappa shape index (κ3) is 14.6. The summed E-state index contributed by atoms with van der Waals surface area (Å²) in [5, 5.41) is 2.46.